The molecule has 3 aliphatic rings. The zero-order valence-corrected chi connectivity index (χ0v) is 20.7. The first kappa shape index (κ1) is 22.2. The fourth-order valence-corrected chi connectivity index (χ4v) is 4.55. The molecule has 3 fully saturated rings. The van der Waals surface area contributed by atoms with E-state index in [4.69, 9.17) is 4.99 Å². The highest BCUT2D eigenvalue weighted by Gasteiger charge is 2.34. The quantitative estimate of drug-likeness (QED) is 0.316. The average Bonchev–Trinajstić information content (AvgIpc) is 3.23. The van der Waals surface area contributed by atoms with Crippen LogP contribution in [-0.4, -0.2) is 62.2 Å². The lowest BCUT2D eigenvalue weighted by molar-refractivity contribution is 0.315. The van der Waals surface area contributed by atoms with Crippen molar-refractivity contribution in [2.75, 3.05) is 44.2 Å². The summed E-state index contributed by atoms with van der Waals surface area (Å²) in [6.45, 7) is 8.65. The molecule has 0 amide bonds. The average molecular weight is 562 g/mol. The molecule has 0 bridgehead atoms. The topological polar surface area (TPSA) is 42.9 Å². The van der Waals surface area contributed by atoms with Crippen LogP contribution in [0.25, 0.3) is 0 Å². The monoisotopic (exact) mass is 561 g/mol. The zero-order valence-electron chi connectivity index (χ0n) is 16.7. The molecule has 1 aromatic rings. The number of hydrogen-bond acceptors (Lipinski definition) is 3. The Bertz CT molecular complexity index is 649. The Morgan fingerprint density at radius 1 is 1.11 bits per heavy atom. The molecule has 5 nitrogen and oxygen atoms in total. The van der Waals surface area contributed by atoms with Gasteiger partial charge in [0.15, 0.2) is 5.96 Å². The number of halogens is 2. The van der Waals surface area contributed by atoms with Crippen LogP contribution in [0, 0.1) is 5.92 Å². The molecule has 2 saturated heterocycles. The molecule has 0 radical (unpaired) electrons. The molecular weight excluding hydrogens is 529 g/mol. The van der Waals surface area contributed by atoms with E-state index in [0.717, 1.165) is 55.0 Å². The van der Waals surface area contributed by atoms with E-state index in [-0.39, 0.29) is 24.0 Å². The number of guanidine groups is 1. The van der Waals surface area contributed by atoms with Crippen LogP contribution in [0.15, 0.2) is 33.7 Å². The summed E-state index contributed by atoms with van der Waals surface area (Å²) in [6, 6.07) is 9.98. The maximum Gasteiger partial charge on any atom is 0.191 e. The Hall–Kier alpha value is -0.540. The Morgan fingerprint density at radius 3 is 2.61 bits per heavy atom. The van der Waals surface area contributed by atoms with Gasteiger partial charge < -0.3 is 20.4 Å². The van der Waals surface area contributed by atoms with Gasteiger partial charge in [-0.2, -0.15) is 0 Å². The molecule has 2 heterocycles. The Labute approximate surface area is 194 Å². The van der Waals surface area contributed by atoms with Crippen LogP contribution in [0.4, 0.5) is 5.69 Å². The van der Waals surface area contributed by atoms with E-state index in [1.165, 1.54) is 38.0 Å². The maximum atomic E-state index is 4.93. The van der Waals surface area contributed by atoms with Gasteiger partial charge in [-0.05, 0) is 69.3 Å². The van der Waals surface area contributed by atoms with Crippen LogP contribution < -0.4 is 15.5 Å². The lowest BCUT2D eigenvalue weighted by Gasteiger charge is -2.21. The molecule has 2 atom stereocenters. The Morgan fingerprint density at radius 2 is 1.89 bits per heavy atom. The van der Waals surface area contributed by atoms with Gasteiger partial charge in [-0.15, -0.1) is 24.0 Å². The van der Waals surface area contributed by atoms with Crippen molar-refractivity contribution in [3.05, 3.63) is 28.7 Å². The Balaban J connectivity index is 0.00000225. The first-order valence-corrected chi connectivity index (χ1v) is 11.3. The molecule has 28 heavy (non-hydrogen) atoms. The predicted octanol–water partition coefficient (Wildman–Crippen LogP) is 3.69. The SMILES string of the molecule is CCNC(=NCC1CCN(C2CC2)C1)NC1CCN(c2ccc(Br)cc2)C1.I. The van der Waals surface area contributed by atoms with Gasteiger partial charge in [0, 0.05) is 55.0 Å². The second-order valence-electron chi connectivity index (χ2n) is 8.15. The highest BCUT2D eigenvalue weighted by Crippen LogP contribution is 2.31. The molecule has 156 valence electrons. The Kier molecular flexibility index (Phi) is 8.29. The van der Waals surface area contributed by atoms with Crippen LogP contribution in [0.1, 0.15) is 32.6 Å². The first-order valence-electron chi connectivity index (χ1n) is 10.5. The number of anilines is 1. The van der Waals surface area contributed by atoms with Gasteiger partial charge >= 0.3 is 0 Å². The van der Waals surface area contributed by atoms with Crippen LogP contribution in [0.3, 0.4) is 0 Å². The normalized spacial score (nSPS) is 25.6. The van der Waals surface area contributed by atoms with E-state index in [1.54, 1.807) is 0 Å². The summed E-state index contributed by atoms with van der Waals surface area (Å²) in [7, 11) is 0. The van der Waals surface area contributed by atoms with Crippen LogP contribution in [0.2, 0.25) is 0 Å². The molecule has 1 aromatic carbocycles. The molecule has 2 N–H and O–H groups in total. The van der Waals surface area contributed by atoms with Crippen molar-refractivity contribution >= 4 is 51.6 Å². The van der Waals surface area contributed by atoms with Crippen LogP contribution in [0.5, 0.6) is 0 Å². The third-order valence-corrected chi connectivity index (χ3v) is 6.48. The molecule has 4 rings (SSSR count). The number of hydrogen-bond donors (Lipinski definition) is 2. The van der Waals surface area contributed by atoms with Crippen molar-refractivity contribution in [1.82, 2.24) is 15.5 Å². The van der Waals surface area contributed by atoms with Gasteiger partial charge in [0.2, 0.25) is 0 Å². The van der Waals surface area contributed by atoms with E-state index >= 15 is 0 Å². The molecule has 1 saturated carbocycles. The van der Waals surface area contributed by atoms with Gasteiger partial charge in [-0.3, -0.25) is 4.99 Å². The number of aliphatic imine (C=N–C) groups is 1. The second kappa shape index (κ2) is 10.5. The van der Waals surface area contributed by atoms with E-state index in [2.05, 4.69) is 67.6 Å². The number of benzene rings is 1. The van der Waals surface area contributed by atoms with E-state index in [9.17, 15) is 0 Å². The molecule has 1 aliphatic carbocycles. The largest absolute Gasteiger partial charge is 0.369 e. The van der Waals surface area contributed by atoms with Crippen molar-refractivity contribution in [3.63, 3.8) is 0 Å². The minimum Gasteiger partial charge on any atom is -0.369 e. The number of nitrogens with one attached hydrogen (secondary N) is 2. The third kappa shape index (κ3) is 5.98. The van der Waals surface area contributed by atoms with Gasteiger partial charge in [0.1, 0.15) is 0 Å². The summed E-state index contributed by atoms with van der Waals surface area (Å²) >= 11 is 3.52. The minimum absolute atomic E-state index is 0. The predicted molar refractivity (Wildman–Crippen MR) is 132 cm³/mol. The molecule has 0 aromatic heterocycles. The van der Waals surface area contributed by atoms with Gasteiger partial charge in [-0.1, -0.05) is 15.9 Å². The summed E-state index contributed by atoms with van der Waals surface area (Å²) in [5, 5.41) is 7.12. The van der Waals surface area contributed by atoms with Crippen molar-refractivity contribution in [3.8, 4) is 0 Å². The lowest BCUT2D eigenvalue weighted by Crippen LogP contribution is -2.45. The molecule has 0 spiro atoms. The van der Waals surface area contributed by atoms with Crippen molar-refractivity contribution < 1.29 is 0 Å². The van der Waals surface area contributed by atoms with Gasteiger partial charge in [-0.25, -0.2) is 0 Å². The first-order chi connectivity index (χ1) is 13.2. The van der Waals surface area contributed by atoms with Crippen molar-refractivity contribution in [1.29, 1.82) is 0 Å². The maximum absolute atomic E-state index is 4.93. The summed E-state index contributed by atoms with van der Waals surface area (Å²) in [5.41, 5.74) is 1.30. The van der Waals surface area contributed by atoms with E-state index in [1.807, 2.05) is 0 Å². The van der Waals surface area contributed by atoms with Gasteiger partial charge in [0.05, 0.1) is 0 Å². The third-order valence-electron chi connectivity index (χ3n) is 5.95. The molecular formula is C21H33BrIN5. The van der Waals surface area contributed by atoms with E-state index < -0.39 is 0 Å². The molecule has 7 heteroatoms. The number of rotatable bonds is 6. The fraction of sp³-hybridized carbons (Fsp3) is 0.667. The minimum atomic E-state index is 0. The molecule has 2 aliphatic heterocycles. The highest BCUT2D eigenvalue weighted by atomic mass is 127. The summed E-state index contributed by atoms with van der Waals surface area (Å²) < 4.78 is 1.13. The smallest absolute Gasteiger partial charge is 0.191 e. The lowest BCUT2D eigenvalue weighted by atomic mass is 10.1. The zero-order chi connectivity index (χ0) is 18.6. The summed E-state index contributed by atoms with van der Waals surface area (Å²) in [6.07, 6.45) is 5.28. The van der Waals surface area contributed by atoms with Crippen molar-refractivity contribution in [2.45, 2.75) is 44.7 Å². The number of likely N-dealkylation sites (tertiary alicyclic amines) is 1. The molecule has 2 unspecified atom stereocenters. The van der Waals surface area contributed by atoms with Crippen molar-refractivity contribution in [2.24, 2.45) is 10.9 Å². The second-order valence-corrected chi connectivity index (χ2v) is 9.07. The fourth-order valence-electron chi connectivity index (χ4n) is 4.28. The summed E-state index contributed by atoms with van der Waals surface area (Å²) in [4.78, 5) is 10.1. The standard InChI is InChI=1S/C21H32BrN5.HI/c1-2-23-21(24-13-16-9-11-26(14-16)20-7-8-20)25-18-10-12-27(15-18)19-5-3-17(22)4-6-19;/h3-6,16,18,20H,2,7-15H2,1H3,(H2,23,24,25);1H. The van der Waals surface area contributed by atoms with Gasteiger partial charge in [0.25, 0.3) is 0 Å². The van der Waals surface area contributed by atoms with Crippen LogP contribution in [-0.2, 0) is 0 Å². The highest BCUT2D eigenvalue weighted by molar-refractivity contribution is 14.0. The van der Waals surface area contributed by atoms with Crippen LogP contribution >= 0.6 is 39.9 Å². The van der Waals surface area contributed by atoms with E-state index in [0.29, 0.717) is 6.04 Å². The number of nitrogens with zero attached hydrogens (tertiary/aromatic N) is 3. The summed E-state index contributed by atoms with van der Waals surface area (Å²) in [5.74, 6) is 1.72.